The van der Waals surface area contributed by atoms with Crippen LogP contribution in [-0.4, -0.2) is 24.4 Å². The first-order valence-electron chi connectivity index (χ1n) is 8.57. The predicted molar refractivity (Wildman–Crippen MR) is 100 cm³/mol. The topological polar surface area (TPSA) is 78.6 Å². The molecule has 2 N–H and O–H groups in total. The van der Waals surface area contributed by atoms with Gasteiger partial charge in [0.15, 0.2) is 0 Å². The van der Waals surface area contributed by atoms with Crippen LogP contribution in [0.1, 0.15) is 41.8 Å². The highest BCUT2D eigenvalue weighted by Crippen LogP contribution is 2.24. The predicted octanol–water partition coefficient (Wildman–Crippen LogP) is 3.29. The van der Waals surface area contributed by atoms with Crippen LogP contribution in [0.25, 0.3) is 0 Å². The number of hydrogen-bond donors (Lipinski definition) is 1. The second-order valence-electron chi connectivity index (χ2n) is 6.34. The van der Waals surface area contributed by atoms with E-state index in [-0.39, 0.29) is 12.4 Å². The normalized spacial score (nSPS) is 12.9. The third-order valence-corrected chi connectivity index (χ3v) is 4.55. The van der Waals surface area contributed by atoms with Gasteiger partial charge in [0.05, 0.1) is 12.6 Å². The minimum Gasteiger partial charge on any atom is -0.496 e. The first kappa shape index (κ1) is 19.7. The molecule has 0 heterocycles. The Kier molecular flexibility index (Phi) is 6.52. The van der Waals surface area contributed by atoms with Crippen LogP contribution in [0.3, 0.4) is 0 Å². The van der Waals surface area contributed by atoms with Crippen molar-refractivity contribution in [3.63, 3.8) is 0 Å². The molecule has 0 aliphatic rings. The summed E-state index contributed by atoms with van der Waals surface area (Å²) in [4.78, 5) is 24.4. The summed E-state index contributed by atoms with van der Waals surface area (Å²) in [6.45, 7) is 3.54. The molecule has 26 heavy (non-hydrogen) atoms. The second-order valence-corrected chi connectivity index (χ2v) is 6.34. The zero-order chi connectivity index (χ0) is 19.2. The monoisotopic (exact) mass is 355 g/mol. The fourth-order valence-electron chi connectivity index (χ4n) is 2.69. The standard InChI is InChI=1S/C21H25NO4/c1-4-21(22,15(2)23)13-17-10-11-19(25-3)18(12-17)20(24)26-14-16-8-6-5-7-9-16/h5-12H,4,13-14,22H2,1-3H3/t21-/m0/s1. The van der Waals surface area contributed by atoms with Gasteiger partial charge >= 0.3 is 5.97 Å². The van der Waals surface area contributed by atoms with Gasteiger partial charge in [-0.05, 0) is 43.0 Å². The number of ketones is 1. The molecule has 0 bridgehead atoms. The lowest BCUT2D eigenvalue weighted by Crippen LogP contribution is -2.48. The highest BCUT2D eigenvalue weighted by atomic mass is 16.5. The molecule has 0 aliphatic carbocycles. The van der Waals surface area contributed by atoms with Crippen molar-refractivity contribution in [1.82, 2.24) is 0 Å². The summed E-state index contributed by atoms with van der Waals surface area (Å²) in [5, 5.41) is 0. The summed E-state index contributed by atoms with van der Waals surface area (Å²) < 4.78 is 10.7. The molecule has 1 atom stereocenters. The van der Waals surface area contributed by atoms with Gasteiger partial charge in [-0.2, -0.15) is 0 Å². The molecule has 138 valence electrons. The second kappa shape index (κ2) is 8.63. The van der Waals surface area contributed by atoms with Crippen molar-refractivity contribution in [2.75, 3.05) is 7.11 Å². The van der Waals surface area contributed by atoms with Crippen LogP contribution in [0.2, 0.25) is 0 Å². The van der Waals surface area contributed by atoms with Gasteiger partial charge in [0.25, 0.3) is 0 Å². The molecule has 0 aliphatic heterocycles. The number of methoxy groups -OCH3 is 1. The summed E-state index contributed by atoms with van der Waals surface area (Å²) in [5.41, 5.74) is 7.28. The van der Waals surface area contributed by atoms with Crippen molar-refractivity contribution in [2.45, 2.75) is 38.8 Å². The third-order valence-electron chi connectivity index (χ3n) is 4.55. The van der Waals surface area contributed by atoms with Crippen molar-refractivity contribution in [1.29, 1.82) is 0 Å². The largest absolute Gasteiger partial charge is 0.496 e. The lowest BCUT2D eigenvalue weighted by molar-refractivity contribution is -0.122. The van der Waals surface area contributed by atoms with E-state index in [9.17, 15) is 9.59 Å². The Morgan fingerprint density at radius 3 is 2.35 bits per heavy atom. The van der Waals surface area contributed by atoms with Gasteiger partial charge in [-0.1, -0.05) is 43.3 Å². The van der Waals surface area contributed by atoms with Crippen LogP contribution in [0.15, 0.2) is 48.5 Å². The van der Waals surface area contributed by atoms with E-state index in [0.29, 0.717) is 24.2 Å². The molecule has 5 heteroatoms. The number of carbonyl (C=O) groups is 2. The quantitative estimate of drug-likeness (QED) is 0.735. The molecule has 2 aromatic rings. The summed E-state index contributed by atoms with van der Waals surface area (Å²) in [6, 6.07) is 14.6. The van der Waals surface area contributed by atoms with E-state index < -0.39 is 11.5 Å². The molecule has 0 saturated carbocycles. The van der Waals surface area contributed by atoms with Crippen molar-refractivity contribution >= 4 is 11.8 Å². The lowest BCUT2D eigenvalue weighted by Gasteiger charge is -2.25. The first-order chi connectivity index (χ1) is 12.4. The Morgan fingerprint density at radius 2 is 1.77 bits per heavy atom. The lowest BCUT2D eigenvalue weighted by atomic mass is 9.85. The number of nitrogens with two attached hydrogens (primary N) is 1. The fourth-order valence-corrected chi connectivity index (χ4v) is 2.69. The van der Waals surface area contributed by atoms with Gasteiger partial charge < -0.3 is 15.2 Å². The maximum atomic E-state index is 12.5. The van der Waals surface area contributed by atoms with Crippen LogP contribution in [0.4, 0.5) is 0 Å². The van der Waals surface area contributed by atoms with Crippen molar-refractivity contribution in [3.8, 4) is 5.75 Å². The van der Waals surface area contributed by atoms with Crippen LogP contribution in [-0.2, 0) is 22.6 Å². The minimum absolute atomic E-state index is 0.0796. The van der Waals surface area contributed by atoms with Crippen LogP contribution in [0.5, 0.6) is 5.75 Å². The van der Waals surface area contributed by atoms with Gasteiger partial charge in [0, 0.05) is 0 Å². The van der Waals surface area contributed by atoms with Crippen LogP contribution < -0.4 is 10.5 Å². The Balaban J connectivity index is 2.20. The number of carbonyl (C=O) groups excluding carboxylic acids is 2. The van der Waals surface area contributed by atoms with E-state index in [1.54, 1.807) is 12.1 Å². The Bertz CT molecular complexity index is 773. The average Bonchev–Trinajstić information content (AvgIpc) is 2.66. The van der Waals surface area contributed by atoms with Crippen LogP contribution in [0, 0.1) is 0 Å². The molecule has 0 radical (unpaired) electrons. The average molecular weight is 355 g/mol. The van der Waals surface area contributed by atoms with Gasteiger partial charge in [0.2, 0.25) is 0 Å². The van der Waals surface area contributed by atoms with E-state index in [0.717, 1.165) is 11.1 Å². The van der Waals surface area contributed by atoms with E-state index in [2.05, 4.69) is 0 Å². The van der Waals surface area contributed by atoms with Crippen molar-refractivity contribution in [2.24, 2.45) is 5.73 Å². The van der Waals surface area contributed by atoms with Crippen molar-refractivity contribution in [3.05, 3.63) is 65.2 Å². The number of benzene rings is 2. The molecule has 5 nitrogen and oxygen atoms in total. The van der Waals surface area contributed by atoms with Crippen LogP contribution >= 0.6 is 0 Å². The summed E-state index contributed by atoms with van der Waals surface area (Å²) in [5.74, 6) is -0.132. The molecular weight excluding hydrogens is 330 g/mol. The van der Waals surface area contributed by atoms with Gasteiger partial charge in [0.1, 0.15) is 23.7 Å². The Labute approximate surface area is 154 Å². The molecule has 0 amide bonds. The number of hydrogen-bond acceptors (Lipinski definition) is 5. The van der Waals surface area contributed by atoms with Gasteiger partial charge in [-0.3, -0.25) is 4.79 Å². The first-order valence-corrected chi connectivity index (χ1v) is 8.57. The Morgan fingerprint density at radius 1 is 1.08 bits per heavy atom. The summed E-state index contributed by atoms with van der Waals surface area (Å²) in [7, 11) is 1.50. The summed E-state index contributed by atoms with van der Waals surface area (Å²) in [6.07, 6.45) is 0.865. The third kappa shape index (κ3) is 4.70. The summed E-state index contributed by atoms with van der Waals surface area (Å²) >= 11 is 0. The number of esters is 1. The van der Waals surface area contributed by atoms with E-state index >= 15 is 0 Å². The Hall–Kier alpha value is -2.66. The zero-order valence-corrected chi connectivity index (χ0v) is 15.5. The SMILES string of the molecule is CC[C@](N)(Cc1ccc(OC)c(C(=O)OCc2ccccc2)c1)C(C)=O. The van der Waals surface area contributed by atoms with E-state index in [1.165, 1.54) is 14.0 Å². The molecule has 0 unspecified atom stereocenters. The van der Waals surface area contributed by atoms with Gasteiger partial charge in [-0.25, -0.2) is 4.79 Å². The smallest absolute Gasteiger partial charge is 0.342 e. The molecule has 0 aromatic heterocycles. The minimum atomic E-state index is -0.945. The zero-order valence-electron chi connectivity index (χ0n) is 15.5. The van der Waals surface area contributed by atoms with E-state index in [4.69, 9.17) is 15.2 Å². The highest BCUT2D eigenvalue weighted by molar-refractivity contribution is 5.93. The molecule has 0 saturated heterocycles. The van der Waals surface area contributed by atoms with Crippen molar-refractivity contribution < 1.29 is 19.1 Å². The number of Topliss-reactive ketones (excluding diaryl/α,β-unsaturated/α-hetero) is 1. The van der Waals surface area contributed by atoms with E-state index in [1.807, 2.05) is 43.3 Å². The maximum Gasteiger partial charge on any atom is 0.342 e. The highest BCUT2D eigenvalue weighted by Gasteiger charge is 2.29. The molecule has 0 spiro atoms. The molecular formula is C21H25NO4. The number of ether oxygens (including phenoxy) is 2. The maximum absolute atomic E-state index is 12.5. The molecule has 2 aromatic carbocycles. The number of rotatable bonds is 8. The molecule has 2 rings (SSSR count). The fraction of sp³-hybridized carbons (Fsp3) is 0.333. The van der Waals surface area contributed by atoms with Gasteiger partial charge in [-0.15, -0.1) is 0 Å². The molecule has 0 fully saturated rings.